The molecule has 0 aromatic heterocycles. The van der Waals surface area contributed by atoms with E-state index in [2.05, 4.69) is 5.32 Å². The molecule has 1 saturated carbocycles. The maximum atomic E-state index is 12.6. The van der Waals surface area contributed by atoms with Crippen molar-refractivity contribution in [3.63, 3.8) is 0 Å². The van der Waals surface area contributed by atoms with Crippen LogP contribution in [0, 0.1) is 5.92 Å². The lowest BCUT2D eigenvalue weighted by Gasteiger charge is -2.36. The summed E-state index contributed by atoms with van der Waals surface area (Å²) >= 11 is 0. The van der Waals surface area contributed by atoms with Crippen LogP contribution in [0.25, 0.3) is 0 Å². The number of hydrogen-bond acceptors (Lipinski definition) is 4. The number of fused-ring (bicyclic) bond motifs is 1. The highest BCUT2D eigenvalue weighted by atomic mass is 16.7. The van der Waals surface area contributed by atoms with Crippen molar-refractivity contribution in [1.29, 1.82) is 0 Å². The van der Waals surface area contributed by atoms with Crippen LogP contribution in [0.1, 0.15) is 44.1 Å². The number of nitrogens with zero attached hydrogens (tertiary/aromatic N) is 1. The van der Waals surface area contributed by atoms with E-state index in [0.717, 1.165) is 29.9 Å². The first-order chi connectivity index (χ1) is 12.2. The summed E-state index contributed by atoms with van der Waals surface area (Å²) in [5.41, 5.74) is 0.983. The first-order valence-corrected chi connectivity index (χ1v) is 9.16. The molecule has 2 fully saturated rings. The van der Waals surface area contributed by atoms with E-state index >= 15 is 0 Å². The van der Waals surface area contributed by atoms with Crippen molar-refractivity contribution in [2.24, 2.45) is 5.92 Å². The lowest BCUT2D eigenvalue weighted by atomic mass is 9.94. The van der Waals surface area contributed by atoms with Gasteiger partial charge in [-0.15, -0.1) is 0 Å². The molecule has 0 bridgehead atoms. The number of nitrogens with one attached hydrogen (secondary N) is 1. The van der Waals surface area contributed by atoms with E-state index in [1.807, 2.05) is 23.1 Å². The fourth-order valence-electron chi connectivity index (χ4n) is 4.04. The molecule has 2 amide bonds. The number of carbonyl (C=O) groups is 2. The maximum Gasteiger partial charge on any atom is 0.231 e. The molecule has 1 unspecified atom stereocenters. The van der Waals surface area contributed by atoms with Gasteiger partial charge in [-0.2, -0.15) is 0 Å². The van der Waals surface area contributed by atoms with Crippen molar-refractivity contribution in [3.8, 4) is 11.5 Å². The summed E-state index contributed by atoms with van der Waals surface area (Å²) in [6, 6.07) is 6.04. The van der Waals surface area contributed by atoms with Crippen molar-refractivity contribution in [1.82, 2.24) is 10.2 Å². The Labute approximate surface area is 147 Å². The summed E-state index contributed by atoms with van der Waals surface area (Å²) in [5.74, 6) is 1.61. The number of amides is 2. The lowest BCUT2D eigenvalue weighted by molar-refractivity contribution is -0.140. The summed E-state index contributed by atoms with van der Waals surface area (Å²) in [6.45, 7) is 1.28. The van der Waals surface area contributed by atoms with Crippen molar-refractivity contribution in [2.45, 2.75) is 51.1 Å². The van der Waals surface area contributed by atoms with Gasteiger partial charge in [-0.05, 0) is 37.0 Å². The van der Waals surface area contributed by atoms with E-state index in [4.69, 9.17) is 9.47 Å². The molecule has 6 nitrogen and oxygen atoms in total. The van der Waals surface area contributed by atoms with Crippen LogP contribution in [0.5, 0.6) is 11.5 Å². The zero-order valence-corrected chi connectivity index (χ0v) is 14.3. The normalized spacial score (nSPS) is 23.1. The Morgan fingerprint density at radius 1 is 1.16 bits per heavy atom. The predicted octanol–water partition coefficient (Wildman–Crippen LogP) is 2.21. The van der Waals surface area contributed by atoms with Crippen molar-refractivity contribution in [3.05, 3.63) is 23.8 Å². The molecule has 2 aliphatic heterocycles. The zero-order valence-electron chi connectivity index (χ0n) is 14.3. The van der Waals surface area contributed by atoms with Crippen LogP contribution < -0.4 is 14.8 Å². The zero-order chi connectivity index (χ0) is 17.2. The van der Waals surface area contributed by atoms with E-state index < -0.39 is 0 Å². The maximum absolute atomic E-state index is 12.6. The molecule has 1 atom stereocenters. The van der Waals surface area contributed by atoms with Crippen LogP contribution >= 0.6 is 0 Å². The average Bonchev–Trinajstić information content (AvgIpc) is 3.31. The van der Waals surface area contributed by atoms with Crippen LogP contribution in [0.3, 0.4) is 0 Å². The highest BCUT2D eigenvalue weighted by Gasteiger charge is 2.35. The number of likely N-dealkylation sites (tertiary alicyclic amines) is 1. The Kier molecular flexibility index (Phi) is 4.51. The monoisotopic (exact) mass is 344 g/mol. The number of ether oxygens (including phenoxy) is 2. The quantitative estimate of drug-likeness (QED) is 0.909. The molecular formula is C19H24N2O4. The van der Waals surface area contributed by atoms with Crippen molar-refractivity contribution < 1.29 is 19.1 Å². The van der Waals surface area contributed by atoms with Gasteiger partial charge >= 0.3 is 0 Å². The Morgan fingerprint density at radius 3 is 2.80 bits per heavy atom. The van der Waals surface area contributed by atoms with E-state index in [9.17, 15) is 9.59 Å². The smallest absolute Gasteiger partial charge is 0.231 e. The fourth-order valence-corrected chi connectivity index (χ4v) is 4.04. The van der Waals surface area contributed by atoms with Gasteiger partial charge in [0.05, 0.1) is 5.92 Å². The van der Waals surface area contributed by atoms with E-state index in [1.165, 1.54) is 12.8 Å². The topological polar surface area (TPSA) is 67.9 Å². The van der Waals surface area contributed by atoms with Gasteiger partial charge < -0.3 is 19.7 Å². The number of hydrogen-bond donors (Lipinski definition) is 1. The lowest BCUT2D eigenvalue weighted by Crippen LogP contribution is -2.49. The molecule has 1 saturated heterocycles. The molecule has 25 heavy (non-hydrogen) atoms. The first kappa shape index (κ1) is 16.2. The predicted molar refractivity (Wildman–Crippen MR) is 91.1 cm³/mol. The SMILES string of the molecule is O=C(NCc1ccc2c(c1)OCO2)C1CCC(=O)N(C2CCCC2)C1. The standard InChI is InChI=1S/C19H24N2O4/c22-18-8-6-14(11-21(18)15-3-1-2-4-15)19(23)20-10-13-5-7-16-17(9-13)25-12-24-16/h5,7,9,14-15H,1-4,6,8,10-12H2,(H,20,23). The number of benzene rings is 1. The average molecular weight is 344 g/mol. The van der Waals surface area contributed by atoms with E-state index in [1.54, 1.807) is 0 Å². The summed E-state index contributed by atoms with van der Waals surface area (Å²) in [7, 11) is 0. The second-order valence-corrected chi connectivity index (χ2v) is 7.13. The molecule has 1 aromatic carbocycles. The van der Waals surface area contributed by atoms with Gasteiger partial charge in [0, 0.05) is 25.6 Å². The fraction of sp³-hybridized carbons (Fsp3) is 0.579. The van der Waals surface area contributed by atoms with E-state index in [-0.39, 0.29) is 24.5 Å². The highest BCUT2D eigenvalue weighted by molar-refractivity contribution is 5.84. The summed E-state index contributed by atoms with van der Waals surface area (Å²) in [4.78, 5) is 26.7. The third kappa shape index (κ3) is 3.43. The largest absolute Gasteiger partial charge is 0.454 e. The Bertz CT molecular complexity index is 669. The molecule has 1 N–H and O–H groups in total. The van der Waals surface area contributed by atoms with Crippen LogP contribution in [-0.4, -0.2) is 36.1 Å². The van der Waals surface area contributed by atoms with Gasteiger partial charge in [0.15, 0.2) is 11.5 Å². The second kappa shape index (κ2) is 6.94. The first-order valence-electron chi connectivity index (χ1n) is 9.16. The molecule has 6 heteroatoms. The van der Waals surface area contributed by atoms with Crippen molar-refractivity contribution >= 4 is 11.8 Å². The minimum Gasteiger partial charge on any atom is -0.454 e. The summed E-state index contributed by atoms with van der Waals surface area (Å²) < 4.78 is 10.7. The summed E-state index contributed by atoms with van der Waals surface area (Å²) in [5, 5.41) is 3.01. The minimum absolute atomic E-state index is 0.0353. The molecule has 1 aliphatic carbocycles. The Balaban J connectivity index is 1.33. The van der Waals surface area contributed by atoms with Crippen molar-refractivity contribution in [2.75, 3.05) is 13.3 Å². The minimum atomic E-state index is -0.104. The number of piperidine rings is 1. The molecular weight excluding hydrogens is 320 g/mol. The molecule has 0 spiro atoms. The Hall–Kier alpha value is -2.24. The van der Waals surface area contributed by atoms with Crippen LogP contribution in [0.4, 0.5) is 0 Å². The van der Waals surface area contributed by atoms with Crippen LogP contribution in [0.2, 0.25) is 0 Å². The third-order valence-corrected chi connectivity index (χ3v) is 5.48. The van der Waals surface area contributed by atoms with E-state index in [0.29, 0.717) is 32.0 Å². The van der Waals surface area contributed by atoms with Gasteiger partial charge in [0.25, 0.3) is 0 Å². The van der Waals surface area contributed by atoms with Gasteiger partial charge in [0.1, 0.15) is 0 Å². The summed E-state index contributed by atoms with van der Waals surface area (Å²) in [6.07, 6.45) is 5.67. The number of carbonyl (C=O) groups excluding carboxylic acids is 2. The van der Waals surface area contributed by atoms with Gasteiger partial charge in [-0.3, -0.25) is 9.59 Å². The van der Waals surface area contributed by atoms with Gasteiger partial charge in [-0.25, -0.2) is 0 Å². The molecule has 0 radical (unpaired) electrons. The molecule has 2 heterocycles. The molecule has 134 valence electrons. The van der Waals surface area contributed by atoms with Crippen LogP contribution in [0.15, 0.2) is 18.2 Å². The Morgan fingerprint density at radius 2 is 1.96 bits per heavy atom. The van der Waals surface area contributed by atoms with Crippen LogP contribution in [-0.2, 0) is 16.1 Å². The third-order valence-electron chi connectivity index (χ3n) is 5.48. The number of rotatable bonds is 4. The van der Waals surface area contributed by atoms with Gasteiger partial charge in [0.2, 0.25) is 18.6 Å². The van der Waals surface area contributed by atoms with Gasteiger partial charge in [-0.1, -0.05) is 18.9 Å². The highest BCUT2D eigenvalue weighted by Crippen LogP contribution is 2.32. The molecule has 4 rings (SSSR count). The second-order valence-electron chi connectivity index (χ2n) is 7.13. The molecule has 3 aliphatic rings. The molecule has 1 aromatic rings.